The lowest BCUT2D eigenvalue weighted by atomic mass is 9.96. The van der Waals surface area contributed by atoms with Crippen LogP contribution in [0.15, 0.2) is 48.5 Å². The average Bonchev–Trinajstić information content (AvgIpc) is 3.02. The van der Waals surface area contributed by atoms with Crippen molar-refractivity contribution in [3.05, 3.63) is 64.7 Å². The predicted molar refractivity (Wildman–Crippen MR) is 112 cm³/mol. The molecule has 2 amide bonds. The minimum Gasteiger partial charge on any atom is -0.452 e. The first-order valence-corrected chi connectivity index (χ1v) is 11.1. The molecule has 1 fully saturated rings. The number of hydrogen-bond donors (Lipinski definition) is 0. The first kappa shape index (κ1) is 24.6. The molecule has 1 saturated heterocycles. The maximum atomic E-state index is 13.3. The number of halogens is 4. The summed E-state index contributed by atoms with van der Waals surface area (Å²) in [5.41, 5.74) is -7.09. The Morgan fingerprint density at radius 3 is 2.42 bits per heavy atom. The number of carbonyl (C=O) groups excluding carboxylic acids is 2. The van der Waals surface area contributed by atoms with E-state index in [9.17, 15) is 31.2 Å². The molecule has 0 saturated carbocycles. The SMILES string of the molecule is COC(=O)N(c1ccccc1CN1CC(C)(c2ccccc2Cl)OC1=O)S(=O)(=O)C(F)(F)F. The number of alkyl halides is 3. The van der Waals surface area contributed by atoms with E-state index in [1.807, 2.05) is 0 Å². The van der Waals surface area contributed by atoms with Gasteiger partial charge in [0.1, 0.15) is 0 Å². The zero-order valence-electron chi connectivity index (χ0n) is 17.3. The van der Waals surface area contributed by atoms with Gasteiger partial charge in [0, 0.05) is 10.6 Å². The second-order valence-corrected chi connectivity index (χ2v) is 9.43. The first-order valence-electron chi connectivity index (χ1n) is 9.32. The summed E-state index contributed by atoms with van der Waals surface area (Å²) in [6.45, 7) is 1.23. The number of benzene rings is 2. The van der Waals surface area contributed by atoms with Gasteiger partial charge in [-0.1, -0.05) is 48.0 Å². The van der Waals surface area contributed by atoms with Gasteiger partial charge in [-0.05, 0) is 24.6 Å². The molecule has 0 aromatic heterocycles. The number of nitrogens with zero attached hydrogens (tertiary/aromatic N) is 2. The van der Waals surface area contributed by atoms with Crippen LogP contribution in [0, 0.1) is 0 Å². The predicted octanol–water partition coefficient (Wildman–Crippen LogP) is 4.63. The van der Waals surface area contributed by atoms with Crippen LogP contribution in [0.25, 0.3) is 0 Å². The lowest BCUT2D eigenvalue weighted by Crippen LogP contribution is -2.45. The molecule has 0 spiro atoms. The molecule has 178 valence electrons. The number of methoxy groups -OCH3 is 1. The lowest BCUT2D eigenvalue weighted by molar-refractivity contribution is -0.0438. The third kappa shape index (κ3) is 4.58. The van der Waals surface area contributed by atoms with Crippen LogP contribution >= 0.6 is 11.6 Å². The largest absolute Gasteiger partial charge is 0.517 e. The summed E-state index contributed by atoms with van der Waals surface area (Å²) in [7, 11) is -5.39. The van der Waals surface area contributed by atoms with Crippen LogP contribution in [0.3, 0.4) is 0 Å². The number of para-hydroxylation sites is 1. The molecule has 1 heterocycles. The van der Waals surface area contributed by atoms with Gasteiger partial charge in [-0.25, -0.2) is 9.59 Å². The van der Waals surface area contributed by atoms with Crippen LogP contribution in [0.4, 0.5) is 28.4 Å². The Kier molecular flexibility index (Phi) is 6.53. The van der Waals surface area contributed by atoms with Crippen molar-refractivity contribution in [3.8, 4) is 0 Å². The van der Waals surface area contributed by atoms with Crippen molar-refractivity contribution in [1.29, 1.82) is 0 Å². The van der Waals surface area contributed by atoms with Gasteiger partial charge in [0.05, 0.1) is 25.9 Å². The van der Waals surface area contributed by atoms with E-state index in [0.29, 0.717) is 10.6 Å². The highest BCUT2D eigenvalue weighted by atomic mass is 35.5. The van der Waals surface area contributed by atoms with Crippen molar-refractivity contribution in [2.24, 2.45) is 0 Å². The Hall–Kier alpha value is -2.99. The maximum absolute atomic E-state index is 13.3. The van der Waals surface area contributed by atoms with E-state index in [1.165, 1.54) is 18.2 Å². The monoisotopic (exact) mass is 506 g/mol. The Morgan fingerprint density at radius 1 is 1.21 bits per heavy atom. The Labute approximate surface area is 192 Å². The third-order valence-corrected chi connectivity index (χ3v) is 6.69. The normalized spacial score (nSPS) is 18.7. The molecule has 3 rings (SSSR count). The molecule has 0 bridgehead atoms. The van der Waals surface area contributed by atoms with Crippen LogP contribution in [-0.4, -0.2) is 44.7 Å². The Morgan fingerprint density at radius 2 is 1.82 bits per heavy atom. The fraction of sp³-hybridized carbons (Fsp3) is 0.300. The van der Waals surface area contributed by atoms with E-state index in [2.05, 4.69) is 4.74 Å². The van der Waals surface area contributed by atoms with E-state index >= 15 is 0 Å². The number of sulfonamides is 1. The number of anilines is 1. The van der Waals surface area contributed by atoms with Crippen LogP contribution < -0.4 is 4.31 Å². The van der Waals surface area contributed by atoms with Crippen LogP contribution in [0.2, 0.25) is 5.02 Å². The molecule has 33 heavy (non-hydrogen) atoms. The molecule has 1 aliphatic heterocycles. The summed E-state index contributed by atoms with van der Waals surface area (Å²) in [6.07, 6.45) is -2.56. The number of amides is 2. The minimum atomic E-state index is -6.14. The lowest BCUT2D eigenvalue weighted by Gasteiger charge is -2.26. The molecule has 13 heteroatoms. The van der Waals surface area contributed by atoms with Gasteiger partial charge in [-0.2, -0.15) is 25.9 Å². The van der Waals surface area contributed by atoms with Crippen molar-refractivity contribution in [1.82, 2.24) is 4.90 Å². The van der Waals surface area contributed by atoms with E-state index in [1.54, 1.807) is 31.2 Å². The van der Waals surface area contributed by atoms with Gasteiger partial charge >= 0.3 is 27.7 Å². The number of hydrogen-bond acceptors (Lipinski definition) is 6. The molecule has 0 N–H and O–H groups in total. The Balaban J connectivity index is 1.99. The standard InChI is InChI=1S/C20H18ClF3N2O6S/c1-19(14-8-4-5-9-15(14)21)12-25(17(27)32-19)11-13-7-3-6-10-16(13)26(18(28)31-2)33(29,30)20(22,23)24/h3-10H,11-12H2,1-2H3. The molecular weight excluding hydrogens is 489 g/mol. The van der Waals surface area contributed by atoms with Crippen molar-refractivity contribution in [3.63, 3.8) is 0 Å². The summed E-state index contributed by atoms with van der Waals surface area (Å²) < 4.78 is 73.3. The number of cyclic esters (lactones) is 1. The number of carbonyl (C=O) groups is 2. The van der Waals surface area contributed by atoms with Crippen molar-refractivity contribution >= 4 is 39.5 Å². The van der Waals surface area contributed by atoms with Gasteiger partial charge in [-0.3, -0.25) is 4.90 Å². The highest BCUT2D eigenvalue weighted by molar-refractivity contribution is 7.94. The van der Waals surface area contributed by atoms with E-state index in [0.717, 1.165) is 18.1 Å². The second-order valence-electron chi connectivity index (χ2n) is 7.25. The summed E-state index contributed by atoms with van der Waals surface area (Å²) in [4.78, 5) is 25.8. The topological polar surface area (TPSA) is 93.2 Å². The van der Waals surface area contributed by atoms with E-state index < -0.39 is 43.3 Å². The molecule has 1 aliphatic rings. The van der Waals surface area contributed by atoms with E-state index in [4.69, 9.17) is 16.3 Å². The summed E-state index contributed by atoms with van der Waals surface area (Å²) in [6, 6.07) is 11.6. The van der Waals surface area contributed by atoms with Gasteiger partial charge < -0.3 is 9.47 Å². The number of rotatable bonds is 5. The van der Waals surface area contributed by atoms with Gasteiger partial charge in [-0.15, -0.1) is 0 Å². The average molecular weight is 507 g/mol. The smallest absolute Gasteiger partial charge is 0.452 e. The van der Waals surface area contributed by atoms with Gasteiger partial charge in [0.25, 0.3) is 0 Å². The quantitative estimate of drug-likeness (QED) is 0.587. The molecular formula is C20H18ClF3N2O6S. The van der Waals surface area contributed by atoms with Crippen molar-refractivity contribution in [2.45, 2.75) is 24.6 Å². The van der Waals surface area contributed by atoms with Crippen LogP contribution in [0.5, 0.6) is 0 Å². The summed E-state index contributed by atoms with van der Waals surface area (Å²) in [5.74, 6) is 0. The summed E-state index contributed by atoms with van der Waals surface area (Å²) in [5, 5.41) is 0.350. The molecule has 8 nitrogen and oxygen atoms in total. The molecule has 2 aromatic carbocycles. The fourth-order valence-electron chi connectivity index (χ4n) is 3.43. The molecule has 0 aliphatic carbocycles. The molecule has 1 atom stereocenters. The highest BCUT2D eigenvalue weighted by Gasteiger charge is 2.54. The minimum absolute atomic E-state index is 0.0336. The first-order chi connectivity index (χ1) is 15.3. The fourth-order valence-corrected chi connectivity index (χ4v) is 4.68. The third-order valence-electron chi connectivity index (χ3n) is 4.95. The number of ether oxygens (including phenoxy) is 2. The van der Waals surface area contributed by atoms with Crippen LogP contribution in [-0.2, 0) is 31.6 Å². The Bertz CT molecular complexity index is 1190. The second kappa shape index (κ2) is 8.75. The highest BCUT2D eigenvalue weighted by Crippen LogP contribution is 2.39. The molecule has 0 radical (unpaired) electrons. The maximum Gasteiger partial charge on any atom is 0.517 e. The summed E-state index contributed by atoms with van der Waals surface area (Å²) >= 11 is 6.22. The molecule has 2 aromatic rings. The molecule has 1 unspecified atom stereocenters. The van der Waals surface area contributed by atoms with Crippen LogP contribution in [0.1, 0.15) is 18.1 Å². The van der Waals surface area contributed by atoms with Crippen molar-refractivity contribution in [2.75, 3.05) is 18.0 Å². The van der Waals surface area contributed by atoms with E-state index in [-0.39, 0.29) is 18.7 Å². The van der Waals surface area contributed by atoms with Gasteiger partial charge in [0.2, 0.25) is 0 Å². The zero-order valence-corrected chi connectivity index (χ0v) is 18.9. The van der Waals surface area contributed by atoms with Gasteiger partial charge in [0.15, 0.2) is 5.60 Å². The van der Waals surface area contributed by atoms with Crippen molar-refractivity contribution < 1.29 is 40.7 Å². The zero-order chi connectivity index (χ0) is 24.6.